The number of halogens is 1. The molecule has 0 N–H and O–H groups in total. The van der Waals surface area contributed by atoms with Crippen LogP contribution >= 0.6 is 11.6 Å². The zero-order chi connectivity index (χ0) is 13.2. The molecule has 0 aromatic rings. The third-order valence-electron chi connectivity index (χ3n) is 3.65. The van der Waals surface area contributed by atoms with Gasteiger partial charge in [0, 0.05) is 5.92 Å². The van der Waals surface area contributed by atoms with Gasteiger partial charge in [0.1, 0.15) is 5.76 Å². The third kappa shape index (κ3) is 2.48. The van der Waals surface area contributed by atoms with Crippen molar-refractivity contribution in [2.24, 2.45) is 5.92 Å². The molecule has 2 heteroatoms. The summed E-state index contributed by atoms with van der Waals surface area (Å²) in [6.07, 6.45) is 18.0. The SMILES string of the molecule is CCOC1=CC2C3=CC=CC=C(/C=C\C(Cl)C2=C1)C3. The Morgan fingerprint density at radius 1 is 1.32 bits per heavy atom. The first-order chi connectivity index (χ1) is 9.28. The molecule has 0 spiro atoms. The molecule has 0 fully saturated rings. The number of hydrogen-bond donors (Lipinski definition) is 0. The first kappa shape index (κ1) is 12.6. The highest BCUT2D eigenvalue weighted by atomic mass is 35.5. The van der Waals surface area contributed by atoms with Crippen molar-refractivity contribution in [3.8, 4) is 0 Å². The second kappa shape index (κ2) is 5.26. The van der Waals surface area contributed by atoms with Crippen LogP contribution in [0.3, 0.4) is 0 Å². The molecule has 3 rings (SSSR count). The van der Waals surface area contributed by atoms with Crippen LogP contribution in [0.2, 0.25) is 0 Å². The van der Waals surface area contributed by atoms with Crippen molar-refractivity contribution in [3.05, 3.63) is 71.1 Å². The van der Waals surface area contributed by atoms with Crippen LogP contribution in [0.1, 0.15) is 13.3 Å². The number of alkyl halides is 1. The van der Waals surface area contributed by atoms with Crippen molar-refractivity contribution in [2.45, 2.75) is 18.7 Å². The lowest BCUT2D eigenvalue weighted by Gasteiger charge is -2.22. The lowest BCUT2D eigenvalue weighted by molar-refractivity contribution is 0.242. The summed E-state index contributed by atoms with van der Waals surface area (Å²) in [6.45, 7) is 2.70. The van der Waals surface area contributed by atoms with Crippen LogP contribution in [-0.2, 0) is 4.74 Å². The molecule has 0 radical (unpaired) electrons. The molecule has 0 amide bonds. The van der Waals surface area contributed by atoms with Gasteiger partial charge >= 0.3 is 0 Å². The predicted molar refractivity (Wildman–Crippen MR) is 80.0 cm³/mol. The molecule has 1 nitrogen and oxygen atoms in total. The van der Waals surface area contributed by atoms with Crippen LogP contribution in [0, 0.1) is 5.92 Å². The molecule has 3 aliphatic rings. The number of allylic oxidation sites excluding steroid dienone is 11. The monoisotopic (exact) mass is 272 g/mol. The van der Waals surface area contributed by atoms with E-state index in [-0.39, 0.29) is 11.3 Å². The summed E-state index contributed by atoms with van der Waals surface area (Å²) in [4.78, 5) is 0. The minimum atomic E-state index is -0.0654. The Labute approximate surface area is 119 Å². The van der Waals surface area contributed by atoms with Gasteiger partial charge < -0.3 is 4.74 Å². The molecule has 0 aliphatic heterocycles. The Bertz CT molecular complexity index is 558. The zero-order valence-corrected chi connectivity index (χ0v) is 11.7. The molecule has 0 aromatic carbocycles. The molecule has 0 saturated carbocycles. The van der Waals surface area contributed by atoms with E-state index in [9.17, 15) is 0 Å². The fourth-order valence-corrected chi connectivity index (χ4v) is 3.02. The summed E-state index contributed by atoms with van der Waals surface area (Å²) in [5.74, 6) is 1.23. The molecule has 0 saturated heterocycles. The molecule has 0 heterocycles. The van der Waals surface area contributed by atoms with Gasteiger partial charge in [0.2, 0.25) is 0 Å². The number of rotatable bonds is 2. The van der Waals surface area contributed by atoms with Crippen molar-refractivity contribution in [2.75, 3.05) is 6.61 Å². The molecule has 2 unspecified atom stereocenters. The van der Waals surface area contributed by atoms with Gasteiger partial charge in [-0.2, -0.15) is 0 Å². The molecule has 0 aromatic heterocycles. The molecule has 19 heavy (non-hydrogen) atoms. The van der Waals surface area contributed by atoms with Crippen molar-refractivity contribution in [3.63, 3.8) is 0 Å². The van der Waals surface area contributed by atoms with Crippen molar-refractivity contribution < 1.29 is 4.74 Å². The standard InChI is InChI=1S/C17H17ClO/c1-2-19-14-10-15-13-6-4-3-5-12(9-13)7-8-17(18)16(15)11-14/h3-8,10-11,15,17H,2,9H2,1H3/b8-7-. The Morgan fingerprint density at radius 3 is 3.00 bits per heavy atom. The van der Waals surface area contributed by atoms with Gasteiger partial charge in [0.05, 0.1) is 12.0 Å². The van der Waals surface area contributed by atoms with E-state index < -0.39 is 0 Å². The Hall–Kier alpha value is -1.47. The minimum absolute atomic E-state index is 0.0654. The summed E-state index contributed by atoms with van der Waals surface area (Å²) >= 11 is 6.51. The first-order valence-corrected chi connectivity index (χ1v) is 7.16. The average molecular weight is 273 g/mol. The predicted octanol–water partition coefficient (Wildman–Crippen LogP) is 4.45. The largest absolute Gasteiger partial charge is 0.494 e. The fourth-order valence-electron chi connectivity index (χ4n) is 2.75. The highest BCUT2D eigenvalue weighted by Gasteiger charge is 2.28. The van der Waals surface area contributed by atoms with E-state index in [2.05, 4.69) is 48.6 Å². The summed E-state index contributed by atoms with van der Waals surface area (Å²) in [6, 6.07) is 0. The van der Waals surface area contributed by atoms with E-state index in [1.54, 1.807) is 0 Å². The minimum Gasteiger partial charge on any atom is -0.494 e. The Morgan fingerprint density at radius 2 is 2.16 bits per heavy atom. The second-order valence-corrected chi connectivity index (χ2v) is 5.40. The van der Waals surface area contributed by atoms with Crippen LogP contribution in [-0.4, -0.2) is 12.0 Å². The van der Waals surface area contributed by atoms with E-state index in [0.717, 1.165) is 12.2 Å². The van der Waals surface area contributed by atoms with E-state index in [1.807, 2.05) is 6.92 Å². The maximum Gasteiger partial charge on any atom is 0.116 e. The highest BCUT2D eigenvalue weighted by Crippen LogP contribution is 2.40. The van der Waals surface area contributed by atoms with Crippen LogP contribution < -0.4 is 0 Å². The van der Waals surface area contributed by atoms with E-state index >= 15 is 0 Å². The number of ether oxygens (including phenoxy) is 1. The fraction of sp³-hybridized carbons (Fsp3) is 0.294. The van der Waals surface area contributed by atoms with Gasteiger partial charge in [-0.3, -0.25) is 0 Å². The molecule has 2 atom stereocenters. The maximum absolute atomic E-state index is 6.51. The Balaban J connectivity index is 2.03. The van der Waals surface area contributed by atoms with Gasteiger partial charge in [-0.15, -0.1) is 11.6 Å². The summed E-state index contributed by atoms with van der Waals surface area (Å²) in [5, 5.41) is -0.0654. The van der Waals surface area contributed by atoms with Gasteiger partial charge in [-0.05, 0) is 36.6 Å². The summed E-state index contributed by atoms with van der Waals surface area (Å²) < 4.78 is 5.64. The Kier molecular flexibility index (Phi) is 3.48. The molecule has 98 valence electrons. The van der Waals surface area contributed by atoms with Crippen LogP contribution in [0.25, 0.3) is 0 Å². The first-order valence-electron chi connectivity index (χ1n) is 6.72. The average Bonchev–Trinajstić information content (AvgIpc) is 2.66. The third-order valence-corrected chi connectivity index (χ3v) is 4.04. The van der Waals surface area contributed by atoms with E-state index in [1.165, 1.54) is 16.7 Å². The van der Waals surface area contributed by atoms with Crippen LogP contribution in [0.4, 0.5) is 0 Å². The molecular weight excluding hydrogens is 256 g/mol. The molecule has 2 bridgehead atoms. The maximum atomic E-state index is 6.51. The second-order valence-electron chi connectivity index (χ2n) is 4.93. The lowest BCUT2D eigenvalue weighted by Crippen LogP contribution is -2.12. The number of fused-ring (bicyclic) bond motifs is 4. The zero-order valence-electron chi connectivity index (χ0n) is 11.0. The number of hydrogen-bond acceptors (Lipinski definition) is 1. The van der Waals surface area contributed by atoms with Crippen LogP contribution in [0.5, 0.6) is 0 Å². The van der Waals surface area contributed by atoms with E-state index in [0.29, 0.717) is 6.61 Å². The molecule has 3 aliphatic carbocycles. The normalized spacial score (nSPS) is 30.0. The summed E-state index contributed by atoms with van der Waals surface area (Å²) in [5.41, 5.74) is 3.92. The van der Waals surface area contributed by atoms with Gasteiger partial charge in [0.15, 0.2) is 0 Å². The van der Waals surface area contributed by atoms with Gasteiger partial charge in [-0.1, -0.05) is 42.0 Å². The quantitative estimate of drug-likeness (QED) is 0.675. The van der Waals surface area contributed by atoms with E-state index in [4.69, 9.17) is 16.3 Å². The smallest absolute Gasteiger partial charge is 0.116 e. The van der Waals surface area contributed by atoms with Gasteiger partial charge in [-0.25, -0.2) is 0 Å². The van der Waals surface area contributed by atoms with Crippen molar-refractivity contribution in [1.82, 2.24) is 0 Å². The van der Waals surface area contributed by atoms with Crippen LogP contribution in [0.15, 0.2) is 71.1 Å². The molecular formula is C17H17ClO. The summed E-state index contributed by atoms with van der Waals surface area (Å²) in [7, 11) is 0. The van der Waals surface area contributed by atoms with Crippen molar-refractivity contribution in [1.29, 1.82) is 0 Å². The highest BCUT2D eigenvalue weighted by molar-refractivity contribution is 6.23. The van der Waals surface area contributed by atoms with Crippen molar-refractivity contribution >= 4 is 11.6 Å². The van der Waals surface area contributed by atoms with Gasteiger partial charge in [0.25, 0.3) is 0 Å². The lowest BCUT2D eigenvalue weighted by atomic mass is 9.85. The topological polar surface area (TPSA) is 9.23 Å².